The summed E-state index contributed by atoms with van der Waals surface area (Å²) < 4.78 is 5.59. The highest BCUT2D eigenvalue weighted by molar-refractivity contribution is 5.94. The summed E-state index contributed by atoms with van der Waals surface area (Å²) >= 11 is 0. The van der Waals surface area contributed by atoms with Gasteiger partial charge in [0.05, 0.1) is 0 Å². The molecule has 98 valence electrons. The molecule has 19 heavy (non-hydrogen) atoms. The maximum Gasteiger partial charge on any atom is 0.265 e. The number of anilines is 1. The highest BCUT2D eigenvalue weighted by Gasteiger charge is 2.14. The first-order chi connectivity index (χ1) is 9.15. The number of hydrogen-bond donors (Lipinski definition) is 1. The lowest BCUT2D eigenvalue weighted by Gasteiger charge is -2.14. The molecule has 3 nitrogen and oxygen atoms in total. The molecule has 0 aliphatic carbocycles. The Morgan fingerprint density at radius 3 is 2.32 bits per heavy atom. The highest BCUT2D eigenvalue weighted by atomic mass is 16.5. The molecule has 0 saturated carbocycles. The normalized spacial score (nSPS) is 11.7. The second-order valence-corrected chi connectivity index (χ2v) is 4.43. The summed E-state index contributed by atoms with van der Waals surface area (Å²) in [7, 11) is 0. The molecule has 0 spiro atoms. The van der Waals surface area contributed by atoms with Gasteiger partial charge in [0.2, 0.25) is 0 Å². The third-order valence-corrected chi connectivity index (χ3v) is 2.74. The molecule has 0 radical (unpaired) electrons. The molecule has 0 fully saturated rings. The Hall–Kier alpha value is -2.29. The zero-order chi connectivity index (χ0) is 13.7. The molecule has 1 atom stereocenters. The van der Waals surface area contributed by atoms with Crippen molar-refractivity contribution in [2.45, 2.75) is 20.0 Å². The number of hydrogen-bond acceptors (Lipinski definition) is 2. The molecule has 1 N–H and O–H groups in total. The fraction of sp³-hybridized carbons (Fsp3) is 0.188. The van der Waals surface area contributed by atoms with Gasteiger partial charge in [-0.25, -0.2) is 0 Å². The van der Waals surface area contributed by atoms with Gasteiger partial charge in [-0.2, -0.15) is 0 Å². The summed E-state index contributed by atoms with van der Waals surface area (Å²) in [5.41, 5.74) is 1.93. The first-order valence-corrected chi connectivity index (χ1v) is 6.24. The minimum absolute atomic E-state index is 0.160. The van der Waals surface area contributed by atoms with Crippen LogP contribution in [0.4, 0.5) is 5.69 Å². The van der Waals surface area contributed by atoms with E-state index in [-0.39, 0.29) is 5.91 Å². The Labute approximate surface area is 113 Å². The van der Waals surface area contributed by atoms with Crippen molar-refractivity contribution in [3.63, 3.8) is 0 Å². The van der Waals surface area contributed by atoms with Crippen LogP contribution in [-0.4, -0.2) is 12.0 Å². The van der Waals surface area contributed by atoms with Gasteiger partial charge in [-0.1, -0.05) is 35.9 Å². The number of ether oxygens (including phenoxy) is 1. The second-order valence-electron chi connectivity index (χ2n) is 4.43. The summed E-state index contributed by atoms with van der Waals surface area (Å²) in [6.45, 7) is 3.74. The van der Waals surface area contributed by atoms with Gasteiger partial charge in [0.1, 0.15) is 5.75 Å². The molecule has 3 heteroatoms. The molecule has 0 heterocycles. The smallest absolute Gasteiger partial charge is 0.265 e. The van der Waals surface area contributed by atoms with Gasteiger partial charge in [0.25, 0.3) is 5.91 Å². The van der Waals surface area contributed by atoms with Crippen molar-refractivity contribution in [3.8, 4) is 5.75 Å². The molecule has 0 bridgehead atoms. The van der Waals surface area contributed by atoms with Crippen molar-refractivity contribution in [3.05, 3.63) is 60.2 Å². The lowest BCUT2D eigenvalue weighted by molar-refractivity contribution is -0.122. The van der Waals surface area contributed by atoms with Crippen LogP contribution in [-0.2, 0) is 4.79 Å². The third-order valence-electron chi connectivity index (χ3n) is 2.74. The van der Waals surface area contributed by atoms with E-state index in [0.717, 1.165) is 11.3 Å². The Morgan fingerprint density at radius 1 is 1.05 bits per heavy atom. The van der Waals surface area contributed by atoms with E-state index in [9.17, 15) is 4.79 Å². The van der Waals surface area contributed by atoms with Gasteiger partial charge in [0.15, 0.2) is 6.10 Å². The Balaban J connectivity index is 1.94. The predicted octanol–water partition coefficient (Wildman–Crippen LogP) is 3.40. The summed E-state index contributed by atoms with van der Waals surface area (Å²) in [5.74, 6) is 0.535. The first kappa shape index (κ1) is 13.1. The van der Waals surface area contributed by atoms with Crippen molar-refractivity contribution >= 4 is 11.6 Å². The standard InChI is InChI=1S/C16H17NO2/c1-12-8-10-15(11-9-12)19-13(2)16(18)17-14-6-4-3-5-7-14/h3-11,13H,1-2H3,(H,17,18). The molecule has 2 aromatic rings. The van der Waals surface area contributed by atoms with Crippen molar-refractivity contribution < 1.29 is 9.53 Å². The maximum absolute atomic E-state index is 11.9. The second kappa shape index (κ2) is 6.05. The van der Waals surface area contributed by atoms with Crippen LogP contribution in [0.5, 0.6) is 5.75 Å². The topological polar surface area (TPSA) is 38.3 Å². The van der Waals surface area contributed by atoms with E-state index in [4.69, 9.17) is 4.74 Å². The number of aryl methyl sites for hydroxylation is 1. The van der Waals surface area contributed by atoms with Crippen LogP contribution in [0.1, 0.15) is 12.5 Å². The van der Waals surface area contributed by atoms with Crippen molar-refractivity contribution in [1.82, 2.24) is 0 Å². The van der Waals surface area contributed by atoms with Crippen molar-refractivity contribution in [1.29, 1.82) is 0 Å². The van der Waals surface area contributed by atoms with Crippen LogP contribution in [0.15, 0.2) is 54.6 Å². The molecular formula is C16H17NO2. The average Bonchev–Trinajstić information content (AvgIpc) is 2.42. The quantitative estimate of drug-likeness (QED) is 0.909. The fourth-order valence-electron chi connectivity index (χ4n) is 1.64. The van der Waals surface area contributed by atoms with Crippen LogP contribution in [0, 0.1) is 6.92 Å². The number of nitrogens with one attached hydrogen (secondary N) is 1. The van der Waals surface area contributed by atoms with E-state index in [1.54, 1.807) is 6.92 Å². The van der Waals surface area contributed by atoms with Gasteiger partial charge >= 0.3 is 0 Å². The number of amides is 1. The largest absolute Gasteiger partial charge is 0.481 e. The number of para-hydroxylation sites is 1. The van der Waals surface area contributed by atoms with E-state index in [1.807, 2.05) is 61.5 Å². The van der Waals surface area contributed by atoms with Crippen LogP contribution < -0.4 is 10.1 Å². The lowest BCUT2D eigenvalue weighted by atomic mass is 10.2. The summed E-state index contributed by atoms with van der Waals surface area (Å²) in [6.07, 6.45) is -0.539. The minimum atomic E-state index is -0.539. The number of carbonyl (C=O) groups excluding carboxylic acids is 1. The monoisotopic (exact) mass is 255 g/mol. The van der Waals surface area contributed by atoms with Crippen LogP contribution in [0.25, 0.3) is 0 Å². The highest BCUT2D eigenvalue weighted by Crippen LogP contribution is 2.14. The third kappa shape index (κ3) is 3.85. The van der Waals surface area contributed by atoms with Crippen molar-refractivity contribution in [2.75, 3.05) is 5.32 Å². The molecule has 1 amide bonds. The molecule has 2 aromatic carbocycles. The van der Waals surface area contributed by atoms with Crippen LogP contribution in [0.2, 0.25) is 0 Å². The van der Waals surface area contributed by atoms with Crippen molar-refractivity contribution in [2.24, 2.45) is 0 Å². The van der Waals surface area contributed by atoms with Gasteiger partial charge in [-0.3, -0.25) is 4.79 Å². The zero-order valence-corrected chi connectivity index (χ0v) is 11.1. The molecule has 0 aromatic heterocycles. The summed E-state index contributed by atoms with van der Waals surface area (Å²) in [4.78, 5) is 11.9. The summed E-state index contributed by atoms with van der Waals surface area (Å²) in [5, 5.41) is 2.81. The predicted molar refractivity (Wildman–Crippen MR) is 76.3 cm³/mol. The Kier molecular flexibility index (Phi) is 4.18. The van der Waals surface area contributed by atoms with E-state index in [2.05, 4.69) is 5.32 Å². The van der Waals surface area contributed by atoms with E-state index >= 15 is 0 Å². The molecule has 2 rings (SSSR count). The van der Waals surface area contributed by atoms with Gasteiger partial charge in [-0.15, -0.1) is 0 Å². The molecule has 0 saturated heterocycles. The van der Waals surface area contributed by atoms with E-state index in [0.29, 0.717) is 5.75 Å². The van der Waals surface area contributed by atoms with Gasteiger partial charge in [-0.05, 0) is 38.1 Å². The SMILES string of the molecule is Cc1ccc(OC(C)C(=O)Nc2ccccc2)cc1. The zero-order valence-electron chi connectivity index (χ0n) is 11.1. The minimum Gasteiger partial charge on any atom is -0.481 e. The average molecular weight is 255 g/mol. The molecular weight excluding hydrogens is 238 g/mol. The fourth-order valence-corrected chi connectivity index (χ4v) is 1.64. The van der Waals surface area contributed by atoms with Crippen LogP contribution in [0.3, 0.4) is 0 Å². The van der Waals surface area contributed by atoms with E-state index in [1.165, 1.54) is 0 Å². The number of benzene rings is 2. The van der Waals surface area contributed by atoms with Crippen LogP contribution >= 0.6 is 0 Å². The van der Waals surface area contributed by atoms with Gasteiger partial charge in [0, 0.05) is 5.69 Å². The lowest BCUT2D eigenvalue weighted by Crippen LogP contribution is -2.30. The number of carbonyl (C=O) groups is 1. The maximum atomic E-state index is 11.9. The number of rotatable bonds is 4. The molecule has 0 aliphatic heterocycles. The Bertz CT molecular complexity index is 534. The van der Waals surface area contributed by atoms with E-state index < -0.39 is 6.10 Å². The summed E-state index contributed by atoms with van der Waals surface area (Å²) in [6, 6.07) is 17.0. The molecule has 1 unspecified atom stereocenters. The Morgan fingerprint density at radius 2 is 1.68 bits per heavy atom. The first-order valence-electron chi connectivity index (χ1n) is 6.24. The van der Waals surface area contributed by atoms with Gasteiger partial charge < -0.3 is 10.1 Å². The molecule has 0 aliphatic rings.